The van der Waals surface area contributed by atoms with Gasteiger partial charge in [0.2, 0.25) is 0 Å². The van der Waals surface area contributed by atoms with Crippen molar-refractivity contribution in [1.82, 2.24) is 0 Å². The SMILES string of the molecule is FC(F)(F)C(F)(F)C(F)(F)C(F)(F)C(F)(F)C(F)(F)C(F)(F)C(F)(F)C(F)(F)C(F)(F)C(F)(F)CCN1c2ccccc2C=Cc2ccccc21. The molecule has 1 aliphatic rings. The van der Waals surface area contributed by atoms with E-state index in [1.54, 1.807) is 0 Å². The summed E-state index contributed by atoms with van der Waals surface area (Å²) in [6.45, 7) is -1.64. The average Bonchev–Trinajstić information content (AvgIpc) is 3.15. The molecule has 24 heteroatoms. The van der Waals surface area contributed by atoms with E-state index in [2.05, 4.69) is 0 Å². The van der Waals surface area contributed by atoms with Crippen molar-refractivity contribution in [2.24, 2.45) is 0 Å². The van der Waals surface area contributed by atoms with Crippen molar-refractivity contribution < 1.29 is 101 Å². The van der Waals surface area contributed by atoms with Crippen molar-refractivity contribution >= 4 is 23.5 Å². The number of anilines is 2. The quantitative estimate of drug-likeness (QED) is 0.194. The second kappa shape index (κ2) is 12.0. The minimum Gasteiger partial charge on any atom is -0.340 e. The first kappa shape index (κ1) is 41.8. The summed E-state index contributed by atoms with van der Waals surface area (Å²) in [6.07, 6.45) is -8.27. The van der Waals surface area contributed by atoms with Crippen molar-refractivity contribution in [2.75, 3.05) is 11.4 Å². The Hall–Kier alpha value is -3.63. The van der Waals surface area contributed by atoms with Crippen LogP contribution in [0.4, 0.5) is 112 Å². The highest BCUT2D eigenvalue weighted by Gasteiger charge is 2.98. The lowest BCUT2D eigenvalue weighted by molar-refractivity contribution is -0.478. The van der Waals surface area contributed by atoms with Gasteiger partial charge >= 0.3 is 65.4 Å². The molecule has 3 rings (SSSR count). The summed E-state index contributed by atoms with van der Waals surface area (Å²) in [6, 6.07) is 9.94. The Balaban J connectivity index is 2.06. The van der Waals surface area contributed by atoms with E-state index in [-0.39, 0.29) is 22.5 Å². The van der Waals surface area contributed by atoms with Crippen molar-refractivity contribution in [2.45, 2.75) is 71.8 Å². The van der Waals surface area contributed by atoms with E-state index in [1.807, 2.05) is 0 Å². The van der Waals surface area contributed by atoms with E-state index in [4.69, 9.17) is 0 Å². The van der Waals surface area contributed by atoms with Crippen molar-refractivity contribution in [3.05, 3.63) is 59.7 Å². The van der Waals surface area contributed by atoms with Gasteiger partial charge in [0, 0.05) is 24.3 Å². The maximum atomic E-state index is 14.7. The van der Waals surface area contributed by atoms with Crippen molar-refractivity contribution in [3.63, 3.8) is 0 Å². The zero-order chi connectivity index (χ0) is 39.9. The van der Waals surface area contributed by atoms with Gasteiger partial charge in [-0.25, -0.2) is 0 Å². The van der Waals surface area contributed by atoms with Crippen LogP contribution in [-0.2, 0) is 0 Å². The lowest BCUT2D eigenvalue weighted by Crippen LogP contribution is -2.77. The first-order valence-corrected chi connectivity index (χ1v) is 13.0. The Morgan fingerprint density at radius 1 is 0.353 bits per heavy atom. The number of hydrogen-bond acceptors (Lipinski definition) is 1. The van der Waals surface area contributed by atoms with Crippen LogP contribution in [0.3, 0.4) is 0 Å². The highest BCUT2D eigenvalue weighted by atomic mass is 19.4. The molecule has 2 aromatic rings. The summed E-state index contributed by atoms with van der Waals surface area (Å²) in [5, 5.41) is 0. The topological polar surface area (TPSA) is 3.24 Å². The van der Waals surface area contributed by atoms with Crippen molar-refractivity contribution in [3.8, 4) is 0 Å². The molecule has 51 heavy (non-hydrogen) atoms. The molecular formula is C27H14F23N. The van der Waals surface area contributed by atoms with E-state index < -0.39 is 78.4 Å². The summed E-state index contributed by atoms with van der Waals surface area (Å²) in [5.74, 6) is -87.7. The lowest BCUT2D eigenvalue weighted by Gasteiger charge is -2.45. The van der Waals surface area contributed by atoms with Crippen LogP contribution in [0.5, 0.6) is 0 Å². The number of para-hydroxylation sites is 2. The molecular weight excluding hydrogens is 775 g/mol. The van der Waals surface area contributed by atoms with Crippen LogP contribution < -0.4 is 4.90 Å². The van der Waals surface area contributed by atoms with Crippen LogP contribution in [-0.4, -0.2) is 71.9 Å². The van der Waals surface area contributed by atoms with Gasteiger partial charge in [0.1, 0.15) is 0 Å². The monoisotopic (exact) mass is 789 g/mol. The Morgan fingerprint density at radius 2 is 0.627 bits per heavy atom. The third-order valence-corrected chi connectivity index (χ3v) is 7.52. The molecule has 0 bridgehead atoms. The molecule has 0 aromatic heterocycles. The van der Waals surface area contributed by atoms with Crippen LogP contribution in [0.25, 0.3) is 12.2 Å². The van der Waals surface area contributed by atoms with E-state index in [9.17, 15) is 101 Å². The standard InChI is InChI=1S/C27H14F23N/c28-17(29,11-12-51-15-7-3-1-5-13(15)9-10-14-6-2-4-8-16(14)51)18(30,31)19(32,33)20(34,35)21(36,37)22(38,39)23(40,41)24(42,43)25(44,45)26(46,47)27(48,49)50/h1-10H,11-12H2. The number of nitrogens with zero attached hydrogens (tertiary/aromatic N) is 1. The number of hydrogen-bond donors (Lipinski definition) is 0. The summed E-state index contributed by atoms with van der Waals surface area (Å²) < 4.78 is 317. The largest absolute Gasteiger partial charge is 0.460 e. The third kappa shape index (κ3) is 5.63. The Labute approximate surface area is 268 Å². The molecule has 0 radical (unpaired) electrons. The van der Waals surface area contributed by atoms with Gasteiger partial charge in [-0.3, -0.25) is 0 Å². The van der Waals surface area contributed by atoms with Gasteiger partial charge in [-0.2, -0.15) is 101 Å². The number of fused-ring (bicyclic) bond motifs is 2. The fourth-order valence-corrected chi connectivity index (χ4v) is 4.50. The zero-order valence-electron chi connectivity index (χ0n) is 23.8. The summed E-state index contributed by atoms with van der Waals surface area (Å²) in [4.78, 5) is 0.674. The maximum absolute atomic E-state index is 14.7. The van der Waals surface area contributed by atoms with Crippen LogP contribution >= 0.6 is 0 Å². The fourth-order valence-electron chi connectivity index (χ4n) is 4.50. The predicted octanol–water partition coefficient (Wildman–Crippen LogP) is 11.6. The molecule has 0 saturated heterocycles. The minimum absolute atomic E-state index is 0.110. The Morgan fingerprint density at radius 3 is 0.941 bits per heavy atom. The molecule has 0 aliphatic carbocycles. The van der Waals surface area contributed by atoms with Crippen LogP contribution in [0.1, 0.15) is 17.5 Å². The lowest BCUT2D eigenvalue weighted by atomic mass is 9.85. The van der Waals surface area contributed by atoms with Crippen LogP contribution in [0.2, 0.25) is 0 Å². The van der Waals surface area contributed by atoms with E-state index in [0.717, 1.165) is 12.1 Å². The predicted molar refractivity (Wildman–Crippen MR) is 129 cm³/mol. The van der Waals surface area contributed by atoms with E-state index in [0.29, 0.717) is 4.90 Å². The smallest absolute Gasteiger partial charge is 0.340 e. The Kier molecular flexibility index (Phi) is 9.79. The molecule has 0 unspecified atom stereocenters. The molecule has 0 spiro atoms. The Bertz CT molecular complexity index is 1570. The van der Waals surface area contributed by atoms with Gasteiger partial charge in [0.25, 0.3) is 0 Å². The van der Waals surface area contributed by atoms with Gasteiger partial charge in [-0.15, -0.1) is 0 Å². The van der Waals surface area contributed by atoms with Gasteiger partial charge in [-0.1, -0.05) is 48.6 Å². The molecule has 1 nitrogen and oxygen atoms in total. The van der Waals surface area contributed by atoms with Crippen LogP contribution in [0, 0.1) is 0 Å². The number of halogens is 23. The second-order valence-corrected chi connectivity index (χ2v) is 10.7. The summed E-state index contributed by atoms with van der Waals surface area (Å²) in [7, 11) is 0. The normalized spacial score (nSPS) is 16.2. The fraction of sp³-hybridized carbons (Fsp3) is 0.481. The van der Waals surface area contributed by atoms with Crippen LogP contribution in [0.15, 0.2) is 48.5 Å². The second-order valence-electron chi connectivity index (χ2n) is 10.7. The molecule has 0 saturated carbocycles. The molecule has 288 valence electrons. The highest BCUT2D eigenvalue weighted by Crippen LogP contribution is 2.67. The van der Waals surface area contributed by atoms with E-state index >= 15 is 0 Å². The van der Waals surface area contributed by atoms with Crippen molar-refractivity contribution in [1.29, 1.82) is 0 Å². The van der Waals surface area contributed by atoms with Gasteiger partial charge in [0.05, 0.1) is 0 Å². The summed E-state index contributed by atoms with van der Waals surface area (Å²) in [5.41, 5.74) is -0.119. The molecule has 2 aromatic carbocycles. The molecule has 0 N–H and O–H groups in total. The minimum atomic E-state index is -9.42. The number of benzene rings is 2. The molecule has 0 fully saturated rings. The first-order valence-electron chi connectivity index (χ1n) is 13.0. The maximum Gasteiger partial charge on any atom is 0.460 e. The van der Waals surface area contributed by atoms with Gasteiger partial charge in [-0.05, 0) is 23.3 Å². The summed E-state index contributed by atoms with van der Waals surface area (Å²) >= 11 is 0. The number of rotatable bonds is 12. The number of alkyl halides is 23. The molecule has 1 aliphatic heterocycles. The third-order valence-electron chi connectivity index (χ3n) is 7.52. The van der Waals surface area contributed by atoms with Gasteiger partial charge in [0.15, 0.2) is 0 Å². The molecule has 0 atom stereocenters. The first-order chi connectivity index (χ1) is 22.5. The average molecular weight is 789 g/mol. The zero-order valence-corrected chi connectivity index (χ0v) is 23.8. The van der Waals surface area contributed by atoms with Gasteiger partial charge < -0.3 is 4.90 Å². The molecule has 1 heterocycles. The highest BCUT2D eigenvalue weighted by molar-refractivity contribution is 5.88. The molecule has 0 amide bonds. The van der Waals surface area contributed by atoms with E-state index in [1.165, 1.54) is 48.6 Å².